The molecule has 1 amide bonds. The fourth-order valence-corrected chi connectivity index (χ4v) is 2.93. The Kier molecular flexibility index (Phi) is 5.65. The lowest BCUT2D eigenvalue weighted by molar-refractivity contribution is 0.0598. The van der Waals surface area contributed by atoms with Gasteiger partial charge in [-0.25, -0.2) is 0 Å². The van der Waals surface area contributed by atoms with Crippen LogP contribution in [0.1, 0.15) is 61.8 Å². The quantitative estimate of drug-likeness (QED) is 0.870. The summed E-state index contributed by atoms with van der Waals surface area (Å²) in [6.45, 7) is 3.39. The smallest absolute Gasteiger partial charge is 0.289 e. The van der Waals surface area contributed by atoms with E-state index < -0.39 is 0 Å². The van der Waals surface area contributed by atoms with Crippen molar-refractivity contribution in [3.05, 3.63) is 23.7 Å². The molecule has 0 bridgehead atoms. The van der Waals surface area contributed by atoms with E-state index in [0.29, 0.717) is 18.3 Å². The van der Waals surface area contributed by atoms with E-state index in [-0.39, 0.29) is 5.91 Å². The van der Waals surface area contributed by atoms with E-state index in [4.69, 9.17) is 10.2 Å². The van der Waals surface area contributed by atoms with Crippen molar-refractivity contribution < 1.29 is 9.21 Å². The van der Waals surface area contributed by atoms with Crippen LogP contribution in [-0.4, -0.2) is 29.9 Å². The van der Waals surface area contributed by atoms with Gasteiger partial charge in [0.2, 0.25) is 0 Å². The second-order valence-electron chi connectivity index (χ2n) is 5.55. The normalized spacial score (nSPS) is 16.3. The van der Waals surface area contributed by atoms with Crippen LogP contribution >= 0.6 is 0 Å². The third-order valence-corrected chi connectivity index (χ3v) is 4.10. The third-order valence-electron chi connectivity index (χ3n) is 4.10. The predicted octanol–water partition coefficient (Wildman–Crippen LogP) is 2.97. The minimum Gasteiger partial charge on any atom is -0.456 e. The highest BCUT2D eigenvalue weighted by Gasteiger charge is 2.27. The molecule has 1 aromatic heterocycles. The van der Waals surface area contributed by atoms with Crippen molar-refractivity contribution in [1.29, 1.82) is 0 Å². The van der Waals surface area contributed by atoms with Crippen LogP contribution in [0, 0.1) is 0 Å². The van der Waals surface area contributed by atoms with Crippen molar-refractivity contribution >= 4 is 5.91 Å². The van der Waals surface area contributed by atoms with Crippen molar-refractivity contribution in [3.8, 4) is 0 Å². The molecule has 4 nitrogen and oxygen atoms in total. The third kappa shape index (κ3) is 3.63. The van der Waals surface area contributed by atoms with Gasteiger partial charge in [0.05, 0.1) is 0 Å². The average Bonchev–Trinajstić information content (AvgIpc) is 2.97. The van der Waals surface area contributed by atoms with E-state index in [2.05, 4.69) is 0 Å². The van der Waals surface area contributed by atoms with Gasteiger partial charge in [0.1, 0.15) is 5.76 Å². The van der Waals surface area contributed by atoms with Crippen LogP contribution in [0.4, 0.5) is 0 Å². The lowest BCUT2D eigenvalue weighted by Crippen LogP contribution is -2.42. The number of hydrogen-bond acceptors (Lipinski definition) is 3. The standard InChI is InChI=1S/C16H26N2O2/c1-2-14-9-10-15(20-14)16(19)18(12-6-11-17)13-7-4-3-5-8-13/h9-10,13H,2-8,11-12,17H2,1H3. The Morgan fingerprint density at radius 2 is 2.10 bits per heavy atom. The molecule has 1 aliphatic carbocycles. The summed E-state index contributed by atoms with van der Waals surface area (Å²) in [6, 6.07) is 4.06. The van der Waals surface area contributed by atoms with Crippen molar-refractivity contribution in [3.63, 3.8) is 0 Å². The number of carbonyl (C=O) groups excluding carboxylic acids is 1. The Balaban J connectivity index is 2.09. The first kappa shape index (κ1) is 15.1. The number of aryl methyl sites for hydroxylation is 1. The van der Waals surface area contributed by atoms with Crippen LogP contribution in [0.5, 0.6) is 0 Å². The van der Waals surface area contributed by atoms with Gasteiger partial charge < -0.3 is 15.1 Å². The number of hydrogen-bond donors (Lipinski definition) is 1. The summed E-state index contributed by atoms with van der Waals surface area (Å²) in [7, 11) is 0. The molecule has 20 heavy (non-hydrogen) atoms. The molecular weight excluding hydrogens is 252 g/mol. The minimum absolute atomic E-state index is 0.0325. The molecule has 2 rings (SSSR count). The zero-order valence-corrected chi connectivity index (χ0v) is 12.4. The molecule has 2 N–H and O–H groups in total. The summed E-state index contributed by atoms with van der Waals surface area (Å²) in [6.07, 6.45) is 7.61. The van der Waals surface area contributed by atoms with Gasteiger partial charge in [-0.3, -0.25) is 4.79 Å². The van der Waals surface area contributed by atoms with Gasteiger partial charge in [-0.2, -0.15) is 0 Å². The lowest BCUT2D eigenvalue weighted by Gasteiger charge is -2.33. The number of carbonyl (C=O) groups is 1. The molecule has 1 fully saturated rings. The van der Waals surface area contributed by atoms with Crippen LogP contribution < -0.4 is 5.73 Å². The molecule has 0 atom stereocenters. The van der Waals surface area contributed by atoms with Gasteiger partial charge in [-0.15, -0.1) is 0 Å². The molecule has 0 unspecified atom stereocenters. The van der Waals surface area contributed by atoms with Gasteiger partial charge in [-0.05, 0) is 37.9 Å². The molecule has 0 aromatic carbocycles. The van der Waals surface area contributed by atoms with Gasteiger partial charge in [0.15, 0.2) is 5.76 Å². The Hall–Kier alpha value is -1.29. The first-order chi connectivity index (χ1) is 9.76. The maximum Gasteiger partial charge on any atom is 0.289 e. The Morgan fingerprint density at radius 3 is 2.70 bits per heavy atom. The van der Waals surface area contributed by atoms with Crippen LogP contribution in [0.2, 0.25) is 0 Å². The van der Waals surface area contributed by atoms with Crippen LogP contribution in [0.3, 0.4) is 0 Å². The highest BCUT2D eigenvalue weighted by Crippen LogP contribution is 2.24. The molecule has 1 aliphatic rings. The van der Waals surface area contributed by atoms with E-state index in [9.17, 15) is 4.79 Å². The predicted molar refractivity (Wildman–Crippen MR) is 79.7 cm³/mol. The highest BCUT2D eigenvalue weighted by atomic mass is 16.4. The van der Waals surface area contributed by atoms with Crippen molar-refractivity contribution in [2.75, 3.05) is 13.1 Å². The second kappa shape index (κ2) is 7.48. The van der Waals surface area contributed by atoms with E-state index in [0.717, 1.165) is 38.0 Å². The monoisotopic (exact) mass is 278 g/mol. The topological polar surface area (TPSA) is 59.5 Å². The summed E-state index contributed by atoms with van der Waals surface area (Å²) < 4.78 is 5.62. The molecule has 112 valence electrons. The van der Waals surface area contributed by atoms with Gasteiger partial charge in [-0.1, -0.05) is 26.2 Å². The summed E-state index contributed by atoms with van der Waals surface area (Å²) >= 11 is 0. The Labute approximate surface area is 121 Å². The molecular formula is C16H26N2O2. The fraction of sp³-hybridized carbons (Fsp3) is 0.688. The summed E-state index contributed by atoms with van der Waals surface area (Å²) in [5, 5.41) is 0. The largest absolute Gasteiger partial charge is 0.456 e. The van der Waals surface area contributed by atoms with E-state index >= 15 is 0 Å². The number of furan rings is 1. The van der Waals surface area contributed by atoms with Gasteiger partial charge in [0, 0.05) is 19.0 Å². The Bertz CT molecular complexity index is 422. The molecule has 1 aromatic rings. The summed E-state index contributed by atoms with van der Waals surface area (Å²) in [5.74, 6) is 1.38. The zero-order chi connectivity index (χ0) is 14.4. The molecule has 0 spiro atoms. The van der Waals surface area contributed by atoms with Crippen molar-refractivity contribution in [2.45, 2.75) is 57.9 Å². The number of amides is 1. The van der Waals surface area contributed by atoms with Crippen LogP contribution in [0.15, 0.2) is 16.5 Å². The number of nitrogens with two attached hydrogens (primary N) is 1. The molecule has 4 heteroatoms. The van der Waals surface area contributed by atoms with Crippen molar-refractivity contribution in [2.24, 2.45) is 5.73 Å². The SMILES string of the molecule is CCc1ccc(C(=O)N(CCCN)C2CCCCC2)o1. The van der Waals surface area contributed by atoms with Gasteiger partial charge in [0.25, 0.3) is 5.91 Å². The van der Waals surface area contributed by atoms with E-state index in [1.54, 1.807) is 6.07 Å². The van der Waals surface area contributed by atoms with Crippen molar-refractivity contribution in [1.82, 2.24) is 4.90 Å². The molecule has 1 heterocycles. The molecule has 0 saturated heterocycles. The lowest BCUT2D eigenvalue weighted by atomic mass is 9.94. The minimum atomic E-state index is 0.0325. The van der Waals surface area contributed by atoms with E-state index in [1.165, 1.54) is 19.3 Å². The van der Waals surface area contributed by atoms with Gasteiger partial charge >= 0.3 is 0 Å². The molecule has 0 radical (unpaired) electrons. The van der Waals surface area contributed by atoms with Crippen LogP contribution in [-0.2, 0) is 6.42 Å². The first-order valence-electron chi connectivity index (χ1n) is 7.86. The number of rotatable bonds is 6. The summed E-state index contributed by atoms with van der Waals surface area (Å²) in [4.78, 5) is 14.7. The Morgan fingerprint density at radius 1 is 1.35 bits per heavy atom. The zero-order valence-electron chi connectivity index (χ0n) is 12.4. The molecule has 1 saturated carbocycles. The fourth-order valence-electron chi connectivity index (χ4n) is 2.93. The maximum absolute atomic E-state index is 12.7. The maximum atomic E-state index is 12.7. The van der Waals surface area contributed by atoms with Crippen LogP contribution in [0.25, 0.3) is 0 Å². The van der Waals surface area contributed by atoms with E-state index in [1.807, 2.05) is 17.9 Å². The first-order valence-corrected chi connectivity index (χ1v) is 7.86. The summed E-state index contributed by atoms with van der Waals surface area (Å²) in [5.41, 5.74) is 5.61. The second-order valence-corrected chi connectivity index (χ2v) is 5.55. The number of nitrogens with zero attached hydrogens (tertiary/aromatic N) is 1. The molecule has 0 aliphatic heterocycles. The highest BCUT2D eigenvalue weighted by molar-refractivity contribution is 5.91. The average molecular weight is 278 g/mol.